The number of nitrogens with zero attached hydrogens (tertiary/aromatic N) is 2. The van der Waals surface area contributed by atoms with Gasteiger partial charge in [0.1, 0.15) is 0 Å². The van der Waals surface area contributed by atoms with Crippen LogP contribution in [-0.4, -0.2) is 55.4 Å². The molecule has 254 valence electrons. The number of aliphatic hydroxyl groups excluding tert-OH is 1. The van der Waals surface area contributed by atoms with Crippen LogP contribution in [0.4, 0.5) is 15.5 Å². The van der Waals surface area contributed by atoms with Crippen molar-refractivity contribution in [2.45, 2.75) is 56.8 Å². The minimum absolute atomic E-state index is 0.110. The summed E-state index contributed by atoms with van der Waals surface area (Å²) in [7, 11) is -3.55. The lowest BCUT2D eigenvalue weighted by molar-refractivity contribution is -0.150. The first-order valence-corrected chi connectivity index (χ1v) is 19.6. The summed E-state index contributed by atoms with van der Waals surface area (Å²) < 4.78 is 23.3. The van der Waals surface area contributed by atoms with Gasteiger partial charge in [-0.15, -0.1) is 0 Å². The van der Waals surface area contributed by atoms with Gasteiger partial charge in [-0.1, -0.05) is 85.8 Å². The number of fused-ring (bicyclic) bond motifs is 2. The predicted octanol–water partition coefficient (Wildman–Crippen LogP) is 6.67. The SMILES string of the molecule is C[C@@H]1[C@@H]([Si](C)(C)F)[C@H](CC(=O)N(CCO)Cc2ccccc2)O[C@@]12C(=O)N(Cc1ccccc1)c1ccc(NC(=O)c3ccccc3)cc12. The first kappa shape index (κ1) is 34.2. The number of carbonyl (C=O) groups is 3. The Bertz CT molecular complexity index is 1800. The van der Waals surface area contributed by atoms with Gasteiger partial charge >= 0.3 is 0 Å². The monoisotopic (exact) mass is 679 g/mol. The molecule has 0 bridgehead atoms. The molecule has 0 aliphatic carbocycles. The van der Waals surface area contributed by atoms with E-state index < -0.39 is 31.6 Å². The number of anilines is 2. The van der Waals surface area contributed by atoms with Crippen LogP contribution in [0.5, 0.6) is 0 Å². The summed E-state index contributed by atoms with van der Waals surface area (Å²) in [5, 5.41) is 12.8. The molecule has 2 aliphatic rings. The van der Waals surface area contributed by atoms with Crippen LogP contribution in [0.25, 0.3) is 0 Å². The molecule has 2 aliphatic heterocycles. The van der Waals surface area contributed by atoms with Crippen LogP contribution in [-0.2, 0) is 33.0 Å². The van der Waals surface area contributed by atoms with Crippen LogP contribution in [0, 0.1) is 5.92 Å². The van der Waals surface area contributed by atoms with Gasteiger partial charge in [0.2, 0.25) is 14.3 Å². The number of halogens is 1. The van der Waals surface area contributed by atoms with Gasteiger partial charge in [-0.05, 0) is 54.6 Å². The molecule has 4 aromatic carbocycles. The molecule has 4 aromatic rings. The molecule has 0 saturated carbocycles. The van der Waals surface area contributed by atoms with Gasteiger partial charge < -0.3 is 29.1 Å². The highest BCUT2D eigenvalue weighted by Gasteiger charge is 2.67. The van der Waals surface area contributed by atoms with Crippen LogP contribution in [0.15, 0.2) is 109 Å². The van der Waals surface area contributed by atoms with Crippen LogP contribution in [0.2, 0.25) is 18.6 Å². The fourth-order valence-electron chi connectivity index (χ4n) is 7.56. The van der Waals surface area contributed by atoms with E-state index in [2.05, 4.69) is 5.32 Å². The van der Waals surface area contributed by atoms with E-state index in [1.807, 2.05) is 73.7 Å². The van der Waals surface area contributed by atoms with Crippen molar-refractivity contribution in [1.82, 2.24) is 4.90 Å². The normalized spacial score (nSPS) is 21.5. The van der Waals surface area contributed by atoms with Gasteiger partial charge in [-0.2, -0.15) is 0 Å². The Kier molecular flexibility index (Phi) is 9.83. The Morgan fingerprint density at radius 1 is 0.939 bits per heavy atom. The molecule has 49 heavy (non-hydrogen) atoms. The van der Waals surface area contributed by atoms with E-state index in [1.165, 1.54) is 0 Å². The Morgan fingerprint density at radius 3 is 2.16 bits per heavy atom. The zero-order valence-electron chi connectivity index (χ0n) is 28.0. The molecular formula is C39H42FN3O5Si. The maximum atomic E-state index is 16.5. The van der Waals surface area contributed by atoms with Gasteiger partial charge in [-0.3, -0.25) is 14.4 Å². The average Bonchev–Trinajstić information content (AvgIpc) is 3.51. The fourth-order valence-corrected chi connectivity index (χ4v) is 10.1. The predicted molar refractivity (Wildman–Crippen MR) is 190 cm³/mol. The first-order valence-electron chi connectivity index (χ1n) is 16.7. The van der Waals surface area contributed by atoms with Crippen LogP contribution in [0.1, 0.15) is 40.4 Å². The highest BCUT2D eigenvalue weighted by Crippen LogP contribution is 2.60. The Morgan fingerprint density at radius 2 is 1.55 bits per heavy atom. The van der Waals surface area contributed by atoms with Crippen molar-refractivity contribution in [1.29, 1.82) is 0 Å². The third kappa shape index (κ3) is 6.81. The van der Waals surface area contributed by atoms with E-state index in [0.717, 1.165) is 11.1 Å². The largest absolute Gasteiger partial charge is 0.395 e. The summed E-state index contributed by atoms with van der Waals surface area (Å²) in [4.78, 5) is 45.1. The molecule has 6 rings (SSSR count). The van der Waals surface area contributed by atoms with E-state index in [0.29, 0.717) is 22.5 Å². The number of nitrogens with one attached hydrogen (secondary N) is 1. The molecule has 4 atom stereocenters. The molecule has 3 amide bonds. The number of hydrogen-bond donors (Lipinski definition) is 2. The highest BCUT2D eigenvalue weighted by molar-refractivity contribution is 6.72. The second-order valence-corrected chi connectivity index (χ2v) is 17.2. The summed E-state index contributed by atoms with van der Waals surface area (Å²) in [6.07, 6.45) is -1.03. The fraction of sp³-hybridized carbons (Fsp3) is 0.308. The zero-order chi connectivity index (χ0) is 34.8. The molecule has 0 unspecified atom stereocenters. The number of benzene rings is 4. The lowest BCUT2D eigenvalue weighted by atomic mass is 9.82. The van der Waals surface area contributed by atoms with E-state index in [1.54, 1.807) is 65.4 Å². The standard InChI is InChI=1S/C39H42FN3O5Si/c1-27-36(49(2,3)40)34(24-35(45)42(21-22-44)25-28-13-7-4-8-14-28)48-39(27)32-23-31(41-37(46)30-17-11-6-12-18-30)19-20-33(32)43(38(39)47)26-29-15-9-5-10-16-29/h4-20,23,27,34,36,44H,21-22,24-26H2,1-3H3,(H,41,46)/t27-,34+,36-,39+/m1/s1. The second-order valence-electron chi connectivity index (χ2n) is 13.4. The summed E-state index contributed by atoms with van der Waals surface area (Å²) >= 11 is 0. The minimum atomic E-state index is -3.55. The quantitative estimate of drug-likeness (QED) is 0.136. The summed E-state index contributed by atoms with van der Waals surface area (Å²) in [5.41, 5.74) is 1.66. The van der Waals surface area contributed by atoms with Crippen molar-refractivity contribution in [2.75, 3.05) is 23.4 Å². The number of rotatable bonds is 11. The Balaban J connectivity index is 1.38. The Labute approximate surface area is 287 Å². The molecule has 0 radical (unpaired) electrons. The molecule has 10 heteroatoms. The topological polar surface area (TPSA) is 99.2 Å². The first-order chi connectivity index (χ1) is 23.5. The lowest BCUT2D eigenvalue weighted by Gasteiger charge is -2.31. The minimum Gasteiger partial charge on any atom is -0.395 e. The van der Waals surface area contributed by atoms with Crippen molar-refractivity contribution in [3.05, 3.63) is 131 Å². The molecule has 8 nitrogen and oxygen atoms in total. The van der Waals surface area contributed by atoms with Crippen LogP contribution < -0.4 is 10.2 Å². The van der Waals surface area contributed by atoms with E-state index in [4.69, 9.17) is 4.74 Å². The van der Waals surface area contributed by atoms with Gasteiger partial charge in [0.05, 0.1) is 31.4 Å². The van der Waals surface area contributed by atoms with Crippen molar-refractivity contribution in [3.63, 3.8) is 0 Å². The number of aliphatic hydroxyl groups is 1. The van der Waals surface area contributed by atoms with E-state index in [-0.39, 0.29) is 50.4 Å². The van der Waals surface area contributed by atoms with E-state index >= 15 is 4.11 Å². The highest BCUT2D eigenvalue weighted by atomic mass is 28.4. The molecular weight excluding hydrogens is 638 g/mol. The van der Waals surface area contributed by atoms with Gasteiger partial charge in [0.15, 0.2) is 5.60 Å². The number of amides is 3. The van der Waals surface area contributed by atoms with E-state index in [9.17, 15) is 19.5 Å². The Hall–Kier alpha value is -4.64. The van der Waals surface area contributed by atoms with Gasteiger partial charge in [0.25, 0.3) is 11.8 Å². The molecule has 1 fully saturated rings. The molecule has 0 aromatic heterocycles. The lowest BCUT2D eigenvalue weighted by Crippen LogP contribution is -2.45. The second kappa shape index (κ2) is 14.1. The van der Waals surface area contributed by atoms with Crippen molar-refractivity contribution in [2.24, 2.45) is 5.92 Å². The van der Waals surface area contributed by atoms with Crippen LogP contribution in [0.3, 0.4) is 0 Å². The third-order valence-electron chi connectivity index (χ3n) is 9.75. The third-order valence-corrected chi connectivity index (χ3v) is 12.2. The maximum Gasteiger partial charge on any atom is 0.264 e. The number of ether oxygens (including phenoxy) is 1. The summed E-state index contributed by atoms with van der Waals surface area (Å²) in [5.74, 6) is -1.53. The number of carbonyl (C=O) groups excluding carboxylic acids is 3. The molecule has 2 heterocycles. The molecule has 2 N–H and O–H groups in total. The smallest absolute Gasteiger partial charge is 0.264 e. The van der Waals surface area contributed by atoms with Gasteiger partial charge in [0, 0.05) is 41.4 Å². The van der Waals surface area contributed by atoms with Crippen molar-refractivity contribution < 1.29 is 28.3 Å². The molecule has 1 saturated heterocycles. The summed E-state index contributed by atoms with van der Waals surface area (Å²) in [6, 6.07) is 33.2. The maximum absolute atomic E-state index is 16.5. The average molecular weight is 680 g/mol. The van der Waals surface area contributed by atoms with Crippen LogP contribution >= 0.6 is 0 Å². The zero-order valence-corrected chi connectivity index (χ0v) is 29.0. The molecule has 1 spiro atoms. The summed E-state index contributed by atoms with van der Waals surface area (Å²) in [6.45, 7) is 5.48. The van der Waals surface area contributed by atoms with Crippen molar-refractivity contribution >= 4 is 37.5 Å². The van der Waals surface area contributed by atoms with Crippen molar-refractivity contribution in [3.8, 4) is 0 Å². The number of hydrogen-bond acceptors (Lipinski definition) is 5. The van der Waals surface area contributed by atoms with Gasteiger partial charge in [-0.25, -0.2) is 0 Å².